The lowest BCUT2D eigenvalue weighted by molar-refractivity contribution is -0.140. The summed E-state index contributed by atoms with van der Waals surface area (Å²) in [6.45, 7) is 5.26. The number of carbonyl (C=O) groups excluding carboxylic acids is 2. The van der Waals surface area contributed by atoms with Crippen LogP contribution in [0.25, 0.3) is 0 Å². The van der Waals surface area contributed by atoms with Gasteiger partial charge in [0.15, 0.2) is 0 Å². The summed E-state index contributed by atoms with van der Waals surface area (Å²) in [6.07, 6.45) is 0. The van der Waals surface area contributed by atoms with E-state index in [1.165, 1.54) is 31.1 Å². The number of benzene rings is 2. The number of carbonyl (C=O) groups is 2. The Balaban J connectivity index is 2.27. The first kappa shape index (κ1) is 23.6. The fourth-order valence-electron chi connectivity index (χ4n) is 3.02. The molecule has 2 rings (SSSR count). The van der Waals surface area contributed by atoms with E-state index in [0.717, 1.165) is 21.0 Å². The summed E-state index contributed by atoms with van der Waals surface area (Å²) in [4.78, 5) is 26.9. The molecular weight excluding hydrogens is 402 g/mol. The third-order valence-corrected chi connectivity index (χ3v) is 6.92. The Morgan fingerprint density at radius 2 is 1.63 bits per heavy atom. The van der Waals surface area contributed by atoms with Gasteiger partial charge >= 0.3 is 0 Å². The Morgan fingerprint density at radius 1 is 1.03 bits per heavy atom. The highest BCUT2D eigenvalue weighted by Crippen LogP contribution is 2.17. The lowest BCUT2D eigenvalue weighted by Gasteiger charge is -2.30. The number of hydrogen-bond acceptors (Lipinski definition) is 4. The summed E-state index contributed by atoms with van der Waals surface area (Å²) in [5.41, 5.74) is 2.82. The van der Waals surface area contributed by atoms with Gasteiger partial charge in [0.1, 0.15) is 6.04 Å². The first-order valence-electron chi connectivity index (χ1n) is 9.66. The maximum atomic E-state index is 13.1. The normalized spacial score (nSPS) is 12.5. The van der Waals surface area contributed by atoms with Crippen molar-refractivity contribution in [1.82, 2.24) is 14.5 Å². The number of nitrogens with one attached hydrogen (secondary N) is 1. The minimum absolute atomic E-state index is 0.119. The molecule has 0 spiro atoms. The van der Waals surface area contributed by atoms with Crippen LogP contribution >= 0.6 is 0 Å². The summed E-state index contributed by atoms with van der Waals surface area (Å²) in [5.74, 6) is -0.770. The van der Waals surface area contributed by atoms with Crippen LogP contribution in [0.1, 0.15) is 23.6 Å². The number of amides is 2. The Hall–Kier alpha value is -2.71. The van der Waals surface area contributed by atoms with E-state index >= 15 is 0 Å². The Bertz CT molecular complexity index is 1000. The number of rotatable bonds is 8. The molecule has 0 unspecified atom stereocenters. The lowest BCUT2D eigenvalue weighted by atomic mass is 10.1. The first-order chi connectivity index (χ1) is 14.1. The van der Waals surface area contributed by atoms with Gasteiger partial charge in [-0.2, -0.15) is 4.31 Å². The van der Waals surface area contributed by atoms with Gasteiger partial charge in [-0.25, -0.2) is 8.42 Å². The molecule has 0 bridgehead atoms. The molecule has 0 radical (unpaired) electrons. The highest BCUT2D eigenvalue weighted by atomic mass is 32.2. The number of likely N-dealkylation sites (N-methyl/N-ethyl adjacent to an activating group) is 2. The molecule has 0 aliphatic rings. The van der Waals surface area contributed by atoms with Crippen molar-refractivity contribution in [3.8, 4) is 0 Å². The van der Waals surface area contributed by atoms with E-state index in [9.17, 15) is 18.0 Å². The molecule has 0 saturated carbocycles. The second kappa shape index (κ2) is 9.86. The average molecular weight is 432 g/mol. The third-order valence-electron chi connectivity index (χ3n) is 5.10. The summed E-state index contributed by atoms with van der Waals surface area (Å²) in [7, 11) is -0.964. The molecule has 30 heavy (non-hydrogen) atoms. The van der Waals surface area contributed by atoms with Gasteiger partial charge in [0, 0.05) is 20.6 Å². The zero-order valence-electron chi connectivity index (χ0n) is 18.0. The van der Waals surface area contributed by atoms with Crippen molar-refractivity contribution >= 4 is 21.8 Å². The van der Waals surface area contributed by atoms with Crippen LogP contribution in [0.5, 0.6) is 0 Å². The lowest BCUT2D eigenvalue weighted by Crippen LogP contribution is -2.50. The average Bonchev–Trinajstić information content (AvgIpc) is 2.72. The molecule has 0 heterocycles. The van der Waals surface area contributed by atoms with Gasteiger partial charge in [0.05, 0.1) is 11.4 Å². The smallest absolute Gasteiger partial charge is 0.243 e. The molecule has 0 aromatic heterocycles. The molecule has 2 aromatic rings. The van der Waals surface area contributed by atoms with Gasteiger partial charge in [0.2, 0.25) is 21.8 Å². The summed E-state index contributed by atoms with van der Waals surface area (Å²) in [6, 6.07) is 13.3. The Kier molecular flexibility index (Phi) is 7.75. The monoisotopic (exact) mass is 431 g/mol. The minimum Gasteiger partial charge on any atom is -0.357 e. The van der Waals surface area contributed by atoms with Crippen LogP contribution < -0.4 is 5.32 Å². The van der Waals surface area contributed by atoms with Crippen molar-refractivity contribution in [2.24, 2.45) is 0 Å². The van der Waals surface area contributed by atoms with Gasteiger partial charge in [-0.3, -0.25) is 9.59 Å². The SMILES string of the molecule is CNC(=O)[C@H](C)N(Cc1ccccc1C)C(=O)CN(C)S(=O)(=O)c1ccc(C)cc1. The van der Waals surface area contributed by atoms with Gasteiger partial charge in [0.25, 0.3) is 0 Å². The maximum Gasteiger partial charge on any atom is 0.243 e. The summed E-state index contributed by atoms with van der Waals surface area (Å²) >= 11 is 0. The molecule has 1 N–H and O–H groups in total. The molecule has 8 heteroatoms. The van der Waals surface area contributed by atoms with Crippen molar-refractivity contribution < 1.29 is 18.0 Å². The quantitative estimate of drug-likeness (QED) is 0.693. The van der Waals surface area contributed by atoms with Gasteiger partial charge in [-0.15, -0.1) is 0 Å². The zero-order valence-corrected chi connectivity index (χ0v) is 18.9. The van der Waals surface area contributed by atoms with E-state index < -0.39 is 22.0 Å². The summed E-state index contributed by atoms with van der Waals surface area (Å²) in [5, 5.41) is 2.55. The third kappa shape index (κ3) is 5.46. The van der Waals surface area contributed by atoms with Crippen molar-refractivity contribution in [2.75, 3.05) is 20.6 Å². The van der Waals surface area contributed by atoms with Crippen LogP contribution in [0, 0.1) is 13.8 Å². The summed E-state index contributed by atoms with van der Waals surface area (Å²) < 4.78 is 26.7. The fourth-order valence-corrected chi connectivity index (χ4v) is 4.14. The minimum atomic E-state index is -3.83. The standard InChI is InChI=1S/C22H29N3O4S/c1-16-10-12-20(13-11-16)30(28,29)24(5)15-21(26)25(18(3)22(27)23-4)14-19-9-7-6-8-17(19)2/h6-13,18H,14-15H2,1-5H3,(H,23,27)/t18-/m0/s1. The van der Waals surface area contributed by atoms with E-state index in [-0.39, 0.29) is 23.9 Å². The predicted molar refractivity (Wildman–Crippen MR) is 116 cm³/mol. The fraction of sp³-hybridized carbons (Fsp3) is 0.364. The van der Waals surface area contributed by atoms with E-state index in [4.69, 9.17) is 0 Å². The highest BCUT2D eigenvalue weighted by molar-refractivity contribution is 7.89. The predicted octanol–water partition coefficient (Wildman–Crippen LogP) is 2.09. The molecule has 0 saturated heterocycles. The van der Waals surface area contributed by atoms with Crippen LogP contribution in [0.3, 0.4) is 0 Å². The molecule has 1 atom stereocenters. The number of aryl methyl sites for hydroxylation is 2. The van der Waals surface area contributed by atoms with Crippen LogP contribution in [0.15, 0.2) is 53.4 Å². The number of sulfonamides is 1. The maximum absolute atomic E-state index is 13.1. The van der Waals surface area contributed by atoms with Crippen LogP contribution in [0.4, 0.5) is 0 Å². The van der Waals surface area contributed by atoms with Crippen LogP contribution in [-0.4, -0.2) is 56.1 Å². The highest BCUT2D eigenvalue weighted by Gasteiger charge is 2.30. The van der Waals surface area contributed by atoms with E-state index in [2.05, 4.69) is 5.32 Å². The van der Waals surface area contributed by atoms with Crippen LogP contribution in [-0.2, 0) is 26.2 Å². The topological polar surface area (TPSA) is 86.8 Å². The molecule has 2 amide bonds. The van der Waals surface area contributed by atoms with E-state index in [0.29, 0.717) is 0 Å². The second-order valence-corrected chi connectivity index (χ2v) is 9.36. The van der Waals surface area contributed by atoms with Crippen molar-refractivity contribution in [2.45, 2.75) is 38.3 Å². The molecular formula is C22H29N3O4S. The molecule has 0 aliphatic heterocycles. The number of nitrogens with zero attached hydrogens (tertiary/aromatic N) is 2. The van der Waals surface area contributed by atoms with E-state index in [1.807, 2.05) is 38.1 Å². The number of hydrogen-bond donors (Lipinski definition) is 1. The zero-order chi connectivity index (χ0) is 22.5. The second-order valence-electron chi connectivity index (χ2n) is 7.31. The molecule has 7 nitrogen and oxygen atoms in total. The van der Waals surface area contributed by atoms with Gasteiger partial charge < -0.3 is 10.2 Å². The van der Waals surface area contributed by atoms with Gasteiger partial charge in [-0.1, -0.05) is 42.0 Å². The largest absolute Gasteiger partial charge is 0.357 e. The molecule has 0 aliphatic carbocycles. The molecule has 0 fully saturated rings. The Labute approximate surface area is 178 Å². The van der Waals surface area contributed by atoms with Crippen molar-refractivity contribution in [3.05, 3.63) is 65.2 Å². The Morgan fingerprint density at radius 3 is 2.20 bits per heavy atom. The first-order valence-corrected chi connectivity index (χ1v) is 11.1. The van der Waals surface area contributed by atoms with E-state index in [1.54, 1.807) is 19.1 Å². The molecule has 2 aromatic carbocycles. The molecule has 162 valence electrons. The van der Waals surface area contributed by atoms with Crippen molar-refractivity contribution in [3.63, 3.8) is 0 Å². The van der Waals surface area contributed by atoms with Crippen molar-refractivity contribution in [1.29, 1.82) is 0 Å². The van der Waals surface area contributed by atoms with Crippen LogP contribution in [0.2, 0.25) is 0 Å². The van der Waals surface area contributed by atoms with Gasteiger partial charge in [-0.05, 0) is 44.0 Å².